The molecule has 0 saturated heterocycles. The maximum absolute atomic E-state index is 12.2. The van der Waals surface area contributed by atoms with Crippen molar-refractivity contribution >= 4 is 11.6 Å². The van der Waals surface area contributed by atoms with Gasteiger partial charge in [-0.3, -0.25) is 14.9 Å². The van der Waals surface area contributed by atoms with E-state index in [1.807, 2.05) is 0 Å². The van der Waals surface area contributed by atoms with Crippen LogP contribution in [0.2, 0.25) is 0 Å². The Balaban J connectivity index is 2.13. The van der Waals surface area contributed by atoms with Crippen LogP contribution in [0, 0.1) is 10.1 Å². The number of amides is 1. The van der Waals surface area contributed by atoms with Crippen LogP contribution in [0.4, 0.5) is 5.69 Å². The molecule has 0 spiro atoms. The van der Waals surface area contributed by atoms with Gasteiger partial charge in [0.15, 0.2) is 0 Å². The molecule has 2 rings (SSSR count). The third-order valence-electron chi connectivity index (χ3n) is 3.73. The summed E-state index contributed by atoms with van der Waals surface area (Å²) in [6, 6.07) is 5.79. The number of carbonyl (C=O) groups excluding carboxylic acids is 1. The van der Waals surface area contributed by atoms with Crippen LogP contribution in [0.5, 0.6) is 0 Å². The van der Waals surface area contributed by atoms with Crippen LogP contribution < -0.4 is 11.1 Å². The predicted molar refractivity (Wildman–Crippen MR) is 75.4 cm³/mol. The monoisotopic (exact) mass is 277 g/mol. The molecule has 0 heterocycles. The van der Waals surface area contributed by atoms with Crippen molar-refractivity contribution in [3.63, 3.8) is 0 Å². The van der Waals surface area contributed by atoms with E-state index < -0.39 is 10.8 Å². The van der Waals surface area contributed by atoms with E-state index in [1.54, 1.807) is 12.1 Å². The van der Waals surface area contributed by atoms with Crippen LogP contribution >= 0.6 is 0 Å². The van der Waals surface area contributed by atoms with Crippen molar-refractivity contribution in [1.82, 2.24) is 5.32 Å². The average Bonchev–Trinajstić information content (AvgIpc) is 2.64. The molecule has 1 aliphatic rings. The number of rotatable bonds is 3. The lowest BCUT2D eigenvalue weighted by Gasteiger charge is -2.22. The number of carbonyl (C=O) groups is 1. The molecular weight excluding hydrogens is 258 g/mol. The molecular formula is C14H19N3O3. The van der Waals surface area contributed by atoms with Crippen molar-refractivity contribution in [2.24, 2.45) is 5.73 Å². The van der Waals surface area contributed by atoms with E-state index in [2.05, 4.69) is 5.32 Å². The topological polar surface area (TPSA) is 98.3 Å². The largest absolute Gasteiger partial charge is 0.348 e. The summed E-state index contributed by atoms with van der Waals surface area (Å²) < 4.78 is 0. The van der Waals surface area contributed by atoms with E-state index in [0.29, 0.717) is 0 Å². The Morgan fingerprint density at radius 2 is 1.95 bits per heavy atom. The fourth-order valence-corrected chi connectivity index (χ4v) is 2.59. The molecule has 0 bridgehead atoms. The predicted octanol–water partition coefficient (Wildman–Crippen LogP) is 1.98. The van der Waals surface area contributed by atoms with Gasteiger partial charge in [-0.1, -0.05) is 31.4 Å². The summed E-state index contributed by atoms with van der Waals surface area (Å²) in [5, 5.41) is 13.8. The lowest BCUT2D eigenvalue weighted by molar-refractivity contribution is -0.385. The number of hydrogen-bond acceptors (Lipinski definition) is 4. The molecule has 1 aliphatic carbocycles. The molecule has 1 aromatic carbocycles. The van der Waals surface area contributed by atoms with Crippen LogP contribution in [0.25, 0.3) is 0 Å². The van der Waals surface area contributed by atoms with Crippen molar-refractivity contribution < 1.29 is 9.72 Å². The van der Waals surface area contributed by atoms with Gasteiger partial charge in [0.2, 0.25) is 0 Å². The fraction of sp³-hybridized carbons (Fsp3) is 0.500. The van der Waals surface area contributed by atoms with E-state index in [0.717, 1.165) is 32.1 Å². The van der Waals surface area contributed by atoms with E-state index in [9.17, 15) is 14.9 Å². The molecule has 3 N–H and O–H groups in total. The number of benzene rings is 1. The number of nitrogens with two attached hydrogens (primary N) is 1. The Morgan fingerprint density at radius 3 is 2.70 bits per heavy atom. The first-order valence-corrected chi connectivity index (χ1v) is 6.89. The van der Waals surface area contributed by atoms with Gasteiger partial charge in [-0.15, -0.1) is 0 Å². The van der Waals surface area contributed by atoms with Gasteiger partial charge in [0.25, 0.3) is 11.6 Å². The molecule has 2 unspecified atom stereocenters. The second-order valence-corrected chi connectivity index (χ2v) is 5.16. The summed E-state index contributed by atoms with van der Waals surface area (Å²) >= 11 is 0. The zero-order chi connectivity index (χ0) is 14.5. The Bertz CT molecular complexity index is 504. The van der Waals surface area contributed by atoms with E-state index in [1.165, 1.54) is 12.1 Å². The first-order chi connectivity index (χ1) is 9.59. The van der Waals surface area contributed by atoms with Gasteiger partial charge in [-0.05, 0) is 18.9 Å². The Morgan fingerprint density at radius 1 is 1.25 bits per heavy atom. The van der Waals surface area contributed by atoms with Crippen molar-refractivity contribution in [2.45, 2.75) is 44.2 Å². The smallest absolute Gasteiger partial charge is 0.282 e. The fourth-order valence-electron chi connectivity index (χ4n) is 2.59. The van der Waals surface area contributed by atoms with Gasteiger partial charge in [0, 0.05) is 18.2 Å². The second-order valence-electron chi connectivity index (χ2n) is 5.16. The van der Waals surface area contributed by atoms with Crippen molar-refractivity contribution in [1.29, 1.82) is 0 Å². The highest BCUT2D eigenvalue weighted by Crippen LogP contribution is 2.20. The van der Waals surface area contributed by atoms with E-state index >= 15 is 0 Å². The number of nitro benzene ring substituents is 1. The highest BCUT2D eigenvalue weighted by Gasteiger charge is 2.25. The highest BCUT2D eigenvalue weighted by molar-refractivity contribution is 5.98. The van der Waals surface area contributed by atoms with E-state index in [4.69, 9.17) is 5.73 Å². The molecule has 108 valence electrons. The molecule has 20 heavy (non-hydrogen) atoms. The third kappa shape index (κ3) is 3.33. The van der Waals surface area contributed by atoms with Crippen LogP contribution in [0.15, 0.2) is 24.3 Å². The maximum atomic E-state index is 12.2. The molecule has 2 atom stereocenters. The van der Waals surface area contributed by atoms with Gasteiger partial charge >= 0.3 is 0 Å². The van der Waals surface area contributed by atoms with Crippen molar-refractivity contribution in [2.75, 3.05) is 0 Å². The molecule has 1 fully saturated rings. The standard InChI is InChI=1S/C14H19N3O3/c15-11-7-2-1-3-8-12(11)16-14(18)10-6-4-5-9-13(10)17(19)20/h4-6,9,11-12H,1-3,7-8,15H2,(H,16,18). The van der Waals surface area contributed by atoms with Gasteiger partial charge < -0.3 is 11.1 Å². The number of nitro groups is 1. The molecule has 6 heteroatoms. The molecule has 1 aromatic rings. The first-order valence-electron chi connectivity index (χ1n) is 6.89. The van der Waals surface area contributed by atoms with Crippen LogP contribution in [0.1, 0.15) is 42.5 Å². The normalized spacial score (nSPS) is 22.9. The molecule has 1 amide bonds. The zero-order valence-corrected chi connectivity index (χ0v) is 11.2. The summed E-state index contributed by atoms with van der Waals surface area (Å²) in [6.07, 6.45) is 4.91. The Labute approximate surface area is 117 Å². The lowest BCUT2D eigenvalue weighted by Crippen LogP contribution is -2.47. The summed E-state index contributed by atoms with van der Waals surface area (Å²) in [4.78, 5) is 22.6. The maximum Gasteiger partial charge on any atom is 0.282 e. The lowest BCUT2D eigenvalue weighted by atomic mass is 10.0. The Kier molecular flexibility index (Phi) is 4.68. The highest BCUT2D eigenvalue weighted by atomic mass is 16.6. The summed E-state index contributed by atoms with van der Waals surface area (Å²) in [6.45, 7) is 0. The molecule has 0 aliphatic heterocycles. The summed E-state index contributed by atoms with van der Waals surface area (Å²) in [5.41, 5.74) is 5.97. The number of para-hydroxylation sites is 1. The van der Waals surface area contributed by atoms with Crippen molar-refractivity contribution in [3.8, 4) is 0 Å². The number of nitrogens with one attached hydrogen (secondary N) is 1. The summed E-state index contributed by atoms with van der Waals surface area (Å²) in [5.74, 6) is -0.417. The molecule has 0 aromatic heterocycles. The zero-order valence-electron chi connectivity index (χ0n) is 11.2. The van der Waals surface area contributed by atoms with Crippen LogP contribution in [-0.4, -0.2) is 22.9 Å². The Hall–Kier alpha value is -1.95. The first kappa shape index (κ1) is 14.5. The molecule has 1 saturated carbocycles. The minimum absolute atomic E-state index is 0.0794. The third-order valence-corrected chi connectivity index (χ3v) is 3.73. The second kappa shape index (κ2) is 6.47. The number of nitrogens with zero attached hydrogens (tertiary/aromatic N) is 1. The van der Waals surface area contributed by atoms with Gasteiger partial charge in [0.05, 0.1) is 4.92 Å². The van der Waals surface area contributed by atoms with Gasteiger partial charge in [-0.25, -0.2) is 0 Å². The summed E-state index contributed by atoms with van der Waals surface area (Å²) in [7, 11) is 0. The van der Waals surface area contributed by atoms with Crippen molar-refractivity contribution in [3.05, 3.63) is 39.9 Å². The van der Waals surface area contributed by atoms with E-state index in [-0.39, 0.29) is 23.3 Å². The van der Waals surface area contributed by atoms with Crippen LogP contribution in [-0.2, 0) is 0 Å². The minimum atomic E-state index is -0.540. The van der Waals surface area contributed by atoms with Gasteiger partial charge in [-0.2, -0.15) is 0 Å². The SMILES string of the molecule is NC1CCCCCC1NC(=O)c1ccccc1[N+](=O)[O-]. The average molecular weight is 277 g/mol. The minimum Gasteiger partial charge on any atom is -0.348 e. The molecule has 6 nitrogen and oxygen atoms in total. The molecule has 0 radical (unpaired) electrons. The van der Waals surface area contributed by atoms with Gasteiger partial charge in [0.1, 0.15) is 5.56 Å². The van der Waals surface area contributed by atoms with Crippen LogP contribution in [0.3, 0.4) is 0 Å². The number of hydrogen-bond donors (Lipinski definition) is 2. The quantitative estimate of drug-likeness (QED) is 0.501.